The van der Waals surface area contributed by atoms with Crippen molar-refractivity contribution >= 4 is 28.9 Å². The van der Waals surface area contributed by atoms with Gasteiger partial charge in [-0.1, -0.05) is 6.07 Å². The van der Waals surface area contributed by atoms with Gasteiger partial charge in [-0.15, -0.1) is 0 Å². The Balaban J connectivity index is 1.73. The van der Waals surface area contributed by atoms with Crippen LogP contribution in [0.15, 0.2) is 66.9 Å². The number of amides is 1. The molecule has 3 rings (SSSR count). The molecule has 6 heteroatoms. The lowest BCUT2D eigenvalue weighted by Gasteiger charge is -2.09. The van der Waals surface area contributed by atoms with Crippen molar-refractivity contribution in [3.63, 3.8) is 0 Å². The molecular formula is C21H16N4O2. The first-order valence-corrected chi connectivity index (χ1v) is 8.21. The number of anilines is 3. The van der Waals surface area contributed by atoms with Gasteiger partial charge in [-0.2, -0.15) is 5.26 Å². The number of nitriles is 1. The fourth-order valence-corrected chi connectivity index (χ4v) is 2.45. The second-order valence-corrected chi connectivity index (χ2v) is 5.84. The zero-order valence-corrected chi connectivity index (χ0v) is 14.6. The van der Waals surface area contributed by atoms with E-state index in [1.54, 1.807) is 60.7 Å². The van der Waals surface area contributed by atoms with E-state index < -0.39 is 0 Å². The topological polar surface area (TPSA) is 94.9 Å². The summed E-state index contributed by atoms with van der Waals surface area (Å²) < 4.78 is 0. The molecule has 2 N–H and O–H groups in total. The second kappa shape index (κ2) is 7.93. The number of hydrogen-bond acceptors (Lipinski definition) is 5. The average molecular weight is 356 g/mol. The Morgan fingerprint density at radius 3 is 2.44 bits per heavy atom. The van der Waals surface area contributed by atoms with E-state index in [4.69, 9.17) is 5.26 Å². The van der Waals surface area contributed by atoms with Crippen molar-refractivity contribution in [2.24, 2.45) is 0 Å². The van der Waals surface area contributed by atoms with E-state index in [2.05, 4.69) is 15.6 Å². The zero-order valence-electron chi connectivity index (χ0n) is 14.6. The van der Waals surface area contributed by atoms with Crippen LogP contribution in [0, 0.1) is 11.3 Å². The molecule has 0 bridgehead atoms. The minimum atomic E-state index is -0.303. The van der Waals surface area contributed by atoms with Gasteiger partial charge in [-0.05, 0) is 61.5 Å². The molecule has 0 saturated carbocycles. The predicted molar refractivity (Wildman–Crippen MR) is 103 cm³/mol. The summed E-state index contributed by atoms with van der Waals surface area (Å²) in [6.07, 6.45) is 1.53. The van der Waals surface area contributed by atoms with Crippen molar-refractivity contribution in [2.45, 2.75) is 6.92 Å². The maximum atomic E-state index is 12.5. The van der Waals surface area contributed by atoms with Gasteiger partial charge in [-0.25, -0.2) is 4.98 Å². The van der Waals surface area contributed by atoms with E-state index >= 15 is 0 Å². The molecule has 0 unspecified atom stereocenters. The summed E-state index contributed by atoms with van der Waals surface area (Å²) in [5.41, 5.74) is 2.83. The minimum Gasteiger partial charge on any atom is -0.340 e. The molecule has 0 aliphatic carbocycles. The zero-order chi connectivity index (χ0) is 19.2. The normalized spacial score (nSPS) is 9.93. The molecule has 1 aromatic heterocycles. The second-order valence-electron chi connectivity index (χ2n) is 5.84. The van der Waals surface area contributed by atoms with Gasteiger partial charge >= 0.3 is 0 Å². The number of nitrogens with zero attached hydrogens (tertiary/aromatic N) is 2. The summed E-state index contributed by atoms with van der Waals surface area (Å²) in [6.45, 7) is 1.51. The van der Waals surface area contributed by atoms with E-state index in [-0.39, 0.29) is 11.7 Å². The Morgan fingerprint density at radius 2 is 1.74 bits per heavy atom. The minimum absolute atomic E-state index is 0.00110. The van der Waals surface area contributed by atoms with Crippen molar-refractivity contribution in [1.29, 1.82) is 5.26 Å². The molecule has 6 nitrogen and oxygen atoms in total. The SMILES string of the molecule is CC(=O)c1ccc(Nc2cc(C(=O)Nc3cccc(C#N)c3)ccn2)cc1. The molecule has 3 aromatic rings. The number of carbonyl (C=O) groups is 2. The van der Waals surface area contributed by atoms with Crippen LogP contribution >= 0.6 is 0 Å². The van der Waals surface area contributed by atoms with E-state index in [0.29, 0.717) is 28.2 Å². The maximum absolute atomic E-state index is 12.5. The quantitative estimate of drug-likeness (QED) is 0.670. The third-order valence-electron chi connectivity index (χ3n) is 3.84. The number of hydrogen-bond donors (Lipinski definition) is 2. The monoisotopic (exact) mass is 356 g/mol. The lowest BCUT2D eigenvalue weighted by Crippen LogP contribution is -2.12. The van der Waals surface area contributed by atoms with Gasteiger partial charge in [-0.3, -0.25) is 9.59 Å². The van der Waals surface area contributed by atoms with Crippen LogP contribution in [0.2, 0.25) is 0 Å². The maximum Gasteiger partial charge on any atom is 0.255 e. The van der Waals surface area contributed by atoms with Crippen molar-refractivity contribution < 1.29 is 9.59 Å². The molecular weight excluding hydrogens is 340 g/mol. The fraction of sp³-hybridized carbons (Fsp3) is 0.0476. The molecule has 0 radical (unpaired) electrons. The highest BCUT2D eigenvalue weighted by atomic mass is 16.1. The number of ketones is 1. The molecule has 0 atom stereocenters. The van der Waals surface area contributed by atoms with Crippen LogP contribution in [0.25, 0.3) is 0 Å². The lowest BCUT2D eigenvalue weighted by molar-refractivity contribution is 0.101. The van der Waals surface area contributed by atoms with E-state index in [1.807, 2.05) is 6.07 Å². The third-order valence-corrected chi connectivity index (χ3v) is 3.84. The van der Waals surface area contributed by atoms with Crippen LogP contribution in [-0.4, -0.2) is 16.7 Å². The number of pyridine rings is 1. The van der Waals surface area contributed by atoms with Crippen molar-refractivity contribution in [3.8, 4) is 6.07 Å². The first kappa shape index (κ1) is 17.8. The molecule has 0 saturated heterocycles. The highest BCUT2D eigenvalue weighted by Gasteiger charge is 2.08. The van der Waals surface area contributed by atoms with Crippen LogP contribution in [0.1, 0.15) is 33.2 Å². The number of benzene rings is 2. The number of carbonyl (C=O) groups excluding carboxylic acids is 2. The molecule has 132 valence electrons. The summed E-state index contributed by atoms with van der Waals surface area (Å²) >= 11 is 0. The lowest BCUT2D eigenvalue weighted by atomic mass is 10.1. The van der Waals surface area contributed by atoms with Gasteiger partial charge in [0.25, 0.3) is 5.91 Å². The van der Waals surface area contributed by atoms with Crippen molar-refractivity contribution in [1.82, 2.24) is 4.98 Å². The Hall–Kier alpha value is -3.98. The number of Topliss-reactive ketones (excluding diaryl/α,β-unsaturated/α-hetero) is 1. The number of aromatic nitrogens is 1. The van der Waals surface area contributed by atoms with Gasteiger partial charge in [0.2, 0.25) is 0 Å². The molecule has 27 heavy (non-hydrogen) atoms. The van der Waals surface area contributed by atoms with Gasteiger partial charge in [0, 0.05) is 28.7 Å². The predicted octanol–water partition coefficient (Wildman–Crippen LogP) is 4.15. The molecule has 1 heterocycles. The standard InChI is InChI=1S/C21H16N4O2/c1-14(26)16-5-7-18(8-6-16)24-20-12-17(9-10-23-20)21(27)25-19-4-2-3-15(11-19)13-22/h2-12H,1H3,(H,23,24)(H,25,27). The summed E-state index contributed by atoms with van der Waals surface area (Å²) in [5, 5.41) is 14.8. The average Bonchev–Trinajstić information content (AvgIpc) is 2.68. The molecule has 0 aliphatic rings. The van der Waals surface area contributed by atoms with Gasteiger partial charge in [0.1, 0.15) is 5.82 Å². The van der Waals surface area contributed by atoms with Crippen LogP contribution < -0.4 is 10.6 Å². The molecule has 0 spiro atoms. The summed E-state index contributed by atoms with van der Waals surface area (Å²) in [6, 6.07) is 19.0. The van der Waals surface area contributed by atoms with Crippen molar-refractivity contribution in [3.05, 3.63) is 83.6 Å². The van der Waals surface area contributed by atoms with Gasteiger partial charge in [0.15, 0.2) is 5.78 Å². The highest BCUT2D eigenvalue weighted by Crippen LogP contribution is 2.18. The van der Waals surface area contributed by atoms with Crippen LogP contribution in [0.3, 0.4) is 0 Å². The van der Waals surface area contributed by atoms with E-state index in [9.17, 15) is 9.59 Å². The van der Waals surface area contributed by atoms with Crippen molar-refractivity contribution in [2.75, 3.05) is 10.6 Å². The van der Waals surface area contributed by atoms with Crippen LogP contribution in [0.4, 0.5) is 17.2 Å². The van der Waals surface area contributed by atoms with Crippen LogP contribution in [0.5, 0.6) is 0 Å². The van der Waals surface area contributed by atoms with Crippen LogP contribution in [-0.2, 0) is 0 Å². The Kier molecular flexibility index (Phi) is 5.24. The Bertz CT molecular complexity index is 1040. The molecule has 0 fully saturated rings. The first-order valence-electron chi connectivity index (χ1n) is 8.21. The summed E-state index contributed by atoms with van der Waals surface area (Å²) in [5.74, 6) is 0.199. The molecule has 1 amide bonds. The Morgan fingerprint density at radius 1 is 0.963 bits per heavy atom. The summed E-state index contributed by atoms with van der Waals surface area (Å²) in [4.78, 5) is 28.0. The first-order chi connectivity index (χ1) is 13.0. The Labute approximate surface area is 156 Å². The molecule has 0 aliphatic heterocycles. The third kappa shape index (κ3) is 4.55. The van der Waals surface area contributed by atoms with Gasteiger partial charge in [0.05, 0.1) is 11.6 Å². The highest BCUT2D eigenvalue weighted by molar-refractivity contribution is 6.04. The summed E-state index contributed by atoms with van der Waals surface area (Å²) in [7, 11) is 0. The van der Waals surface area contributed by atoms with E-state index in [0.717, 1.165) is 5.69 Å². The number of rotatable bonds is 5. The van der Waals surface area contributed by atoms with E-state index in [1.165, 1.54) is 13.1 Å². The number of nitrogens with one attached hydrogen (secondary N) is 2. The largest absolute Gasteiger partial charge is 0.340 e. The smallest absolute Gasteiger partial charge is 0.255 e. The fourth-order valence-electron chi connectivity index (χ4n) is 2.45. The molecule has 2 aromatic carbocycles. The van der Waals surface area contributed by atoms with Gasteiger partial charge < -0.3 is 10.6 Å².